The average Bonchev–Trinajstić information content (AvgIpc) is 2.59. The fourth-order valence-electron chi connectivity index (χ4n) is 2.52. The first-order chi connectivity index (χ1) is 11.2. The Morgan fingerprint density at radius 3 is 2.74 bits per heavy atom. The van der Waals surface area contributed by atoms with E-state index in [1.165, 1.54) is 23.3 Å². The van der Waals surface area contributed by atoms with Gasteiger partial charge in [-0.1, -0.05) is 36.4 Å². The van der Waals surface area contributed by atoms with E-state index in [1.54, 1.807) is 12.1 Å². The first-order valence-corrected chi connectivity index (χ1v) is 7.55. The maximum atomic E-state index is 13.4. The zero-order valence-corrected chi connectivity index (χ0v) is 12.6. The SMILES string of the molecule is O=C(COc1ccccc1F)NC[C@H]1Cc2ccccc2CO1. The molecule has 0 saturated carbocycles. The molecule has 1 N–H and O–H groups in total. The predicted molar refractivity (Wildman–Crippen MR) is 83.6 cm³/mol. The Hall–Kier alpha value is -2.40. The van der Waals surface area contributed by atoms with Crippen LogP contribution in [0.3, 0.4) is 0 Å². The zero-order chi connectivity index (χ0) is 16.1. The number of carbonyl (C=O) groups is 1. The quantitative estimate of drug-likeness (QED) is 0.922. The lowest BCUT2D eigenvalue weighted by atomic mass is 9.99. The van der Waals surface area contributed by atoms with E-state index in [1.807, 2.05) is 18.2 Å². The van der Waals surface area contributed by atoms with E-state index < -0.39 is 5.82 Å². The molecule has 23 heavy (non-hydrogen) atoms. The summed E-state index contributed by atoms with van der Waals surface area (Å²) in [5, 5.41) is 2.76. The molecule has 0 spiro atoms. The number of hydrogen-bond donors (Lipinski definition) is 1. The number of para-hydroxylation sites is 1. The number of halogens is 1. The van der Waals surface area contributed by atoms with Crippen LogP contribution in [0.1, 0.15) is 11.1 Å². The molecule has 1 aliphatic rings. The summed E-state index contributed by atoms with van der Waals surface area (Å²) in [6.07, 6.45) is 0.715. The van der Waals surface area contributed by atoms with Gasteiger partial charge < -0.3 is 14.8 Å². The molecule has 0 unspecified atom stereocenters. The largest absolute Gasteiger partial charge is 0.481 e. The Morgan fingerprint density at radius 2 is 1.91 bits per heavy atom. The van der Waals surface area contributed by atoms with Crippen molar-refractivity contribution in [2.75, 3.05) is 13.2 Å². The zero-order valence-electron chi connectivity index (χ0n) is 12.6. The van der Waals surface area contributed by atoms with Crippen LogP contribution in [0.15, 0.2) is 48.5 Å². The van der Waals surface area contributed by atoms with Crippen molar-refractivity contribution in [1.82, 2.24) is 5.32 Å². The smallest absolute Gasteiger partial charge is 0.258 e. The van der Waals surface area contributed by atoms with Crippen molar-refractivity contribution in [3.8, 4) is 5.75 Å². The maximum Gasteiger partial charge on any atom is 0.258 e. The minimum atomic E-state index is -0.479. The predicted octanol–water partition coefficient (Wildman–Crippen LogP) is 2.46. The molecule has 2 aromatic rings. The molecule has 3 rings (SSSR count). The van der Waals surface area contributed by atoms with Gasteiger partial charge in [0.1, 0.15) is 0 Å². The molecule has 0 aliphatic carbocycles. The van der Waals surface area contributed by atoms with E-state index in [9.17, 15) is 9.18 Å². The van der Waals surface area contributed by atoms with Crippen LogP contribution in [-0.4, -0.2) is 25.2 Å². The third-order valence-electron chi connectivity index (χ3n) is 3.76. The molecule has 120 valence electrons. The summed E-state index contributed by atoms with van der Waals surface area (Å²) < 4.78 is 24.3. The summed E-state index contributed by atoms with van der Waals surface area (Å²) in [6, 6.07) is 14.1. The molecule has 0 aromatic heterocycles. The number of rotatable bonds is 5. The van der Waals surface area contributed by atoms with Crippen molar-refractivity contribution in [3.63, 3.8) is 0 Å². The second kappa shape index (κ2) is 7.24. The maximum absolute atomic E-state index is 13.4. The second-order valence-corrected chi connectivity index (χ2v) is 5.43. The van der Waals surface area contributed by atoms with E-state index in [2.05, 4.69) is 11.4 Å². The lowest BCUT2D eigenvalue weighted by Crippen LogP contribution is -2.38. The van der Waals surface area contributed by atoms with Gasteiger partial charge in [0, 0.05) is 13.0 Å². The van der Waals surface area contributed by atoms with E-state index in [0.717, 1.165) is 6.42 Å². The van der Waals surface area contributed by atoms with Crippen molar-refractivity contribution in [3.05, 3.63) is 65.5 Å². The molecule has 1 aliphatic heterocycles. The standard InChI is InChI=1S/C18H18FNO3/c19-16-7-3-4-8-17(16)23-12-18(21)20-10-15-9-13-5-1-2-6-14(13)11-22-15/h1-8,15H,9-12H2,(H,20,21)/t15-/m1/s1. The van der Waals surface area contributed by atoms with Crippen molar-refractivity contribution < 1.29 is 18.7 Å². The molecule has 2 aromatic carbocycles. The Labute approximate surface area is 134 Å². The van der Waals surface area contributed by atoms with E-state index in [4.69, 9.17) is 9.47 Å². The van der Waals surface area contributed by atoms with E-state index in [-0.39, 0.29) is 24.4 Å². The normalized spacial score (nSPS) is 16.5. The van der Waals surface area contributed by atoms with Crippen molar-refractivity contribution in [2.45, 2.75) is 19.1 Å². The summed E-state index contributed by atoms with van der Waals surface area (Å²) in [5.41, 5.74) is 2.44. The Kier molecular flexibility index (Phi) is 4.88. The van der Waals surface area contributed by atoms with Crippen molar-refractivity contribution in [1.29, 1.82) is 0 Å². The van der Waals surface area contributed by atoms with Gasteiger partial charge in [-0.25, -0.2) is 4.39 Å². The first-order valence-electron chi connectivity index (χ1n) is 7.55. The highest BCUT2D eigenvalue weighted by Crippen LogP contribution is 2.20. The second-order valence-electron chi connectivity index (χ2n) is 5.43. The van der Waals surface area contributed by atoms with Crippen LogP contribution in [-0.2, 0) is 22.6 Å². The van der Waals surface area contributed by atoms with Crippen LogP contribution in [0.2, 0.25) is 0 Å². The van der Waals surface area contributed by atoms with Gasteiger partial charge in [-0.05, 0) is 23.3 Å². The number of hydrogen-bond acceptors (Lipinski definition) is 3. The lowest BCUT2D eigenvalue weighted by molar-refractivity contribution is -0.123. The summed E-state index contributed by atoms with van der Waals surface area (Å²) in [4.78, 5) is 11.8. The number of ether oxygens (including phenoxy) is 2. The summed E-state index contributed by atoms with van der Waals surface area (Å²) >= 11 is 0. The number of fused-ring (bicyclic) bond motifs is 1. The van der Waals surface area contributed by atoms with Gasteiger partial charge in [0.05, 0.1) is 12.7 Å². The Balaban J connectivity index is 1.44. The monoisotopic (exact) mass is 315 g/mol. The molecule has 0 fully saturated rings. The molecular formula is C18H18FNO3. The molecule has 4 nitrogen and oxygen atoms in total. The summed E-state index contributed by atoms with van der Waals surface area (Å²) in [7, 11) is 0. The minimum Gasteiger partial charge on any atom is -0.481 e. The Bertz CT molecular complexity index is 689. The fraction of sp³-hybridized carbons (Fsp3) is 0.278. The average molecular weight is 315 g/mol. The molecule has 5 heteroatoms. The molecule has 1 amide bonds. The summed E-state index contributed by atoms with van der Waals surface area (Å²) in [6.45, 7) is 0.750. The molecule has 0 radical (unpaired) electrons. The number of nitrogens with one attached hydrogen (secondary N) is 1. The number of benzene rings is 2. The van der Waals surface area contributed by atoms with E-state index >= 15 is 0 Å². The molecule has 0 bridgehead atoms. The van der Waals surface area contributed by atoms with Gasteiger partial charge in [0.25, 0.3) is 5.91 Å². The molecule has 1 heterocycles. The molecular weight excluding hydrogens is 297 g/mol. The number of amides is 1. The van der Waals surface area contributed by atoms with Gasteiger partial charge in [0.2, 0.25) is 0 Å². The topological polar surface area (TPSA) is 47.6 Å². The number of carbonyl (C=O) groups excluding carboxylic acids is 1. The third-order valence-corrected chi connectivity index (χ3v) is 3.76. The fourth-order valence-corrected chi connectivity index (χ4v) is 2.52. The van der Waals surface area contributed by atoms with Gasteiger partial charge >= 0.3 is 0 Å². The Morgan fingerprint density at radius 1 is 1.17 bits per heavy atom. The highest BCUT2D eigenvalue weighted by atomic mass is 19.1. The lowest BCUT2D eigenvalue weighted by Gasteiger charge is -2.25. The third kappa shape index (κ3) is 4.07. The van der Waals surface area contributed by atoms with Gasteiger partial charge in [-0.15, -0.1) is 0 Å². The van der Waals surface area contributed by atoms with Crippen molar-refractivity contribution in [2.24, 2.45) is 0 Å². The van der Waals surface area contributed by atoms with Crippen LogP contribution >= 0.6 is 0 Å². The van der Waals surface area contributed by atoms with Crippen LogP contribution in [0.5, 0.6) is 5.75 Å². The van der Waals surface area contributed by atoms with Crippen molar-refractivity contribution >= 4 is 5.91 Å². The van der Waals surface area contributed by atoms with Crippen LogP contribution < -0.4 is 10.1 Å². The van der Waals surface area contributed by atoms with Gasteiger partial charge in [-0.3, -0.25) is 4.79 Å². The van der Waals surface area contributed by atoms with E-state index in [0.29, 0.717) is 13.2 Å². The first kappa shape index (κ1) is 15.5. The van der Waals surface area contributed by atoms with Gasteiger partial charge in [0.15, 0.2) is 18.2 Å². The highest BCUT2D eigenvalue weighted by Gasteiger charge is 2.19. The molecule has 0 saturated heterocycles. The molecule has 1 atom stereocenters. The van der Waals surface area contributed by atoms with Crippen LogP contribution in [0.4, 0.5) is 4.39 Å². The van der Waals surface area contributed by atoms with Crippen LogP contribution in [0, 0.1) is 5.82 Å². The van der Waals surface area contributed by atoms with Gasteiger partial charge in [-0.2, -0.15) is 0 Å². The van der Waals surface area contributed by atoms with Crippen LogP contribution in [0.25, 0.3) is 0 Å². The summed E-state index contributed by atoms with van der Waals surface area (Å²) in [5.74, 6) is -0.700. The highest BCUT2D eigenvalue weighted by molar-refractivity contribution is 5.77. The minimum absolute atomic E-state index is 0.0534.